The smallest absolute Gasteiger partial charge is 0.329 e. The third-order valence-electron chi connectivity index (χ3n) is 5.04. The van der Waals surface area contributed by atoms with Crippen molar-refractivity contribution in [2.45, 2.75) is 44.6 Å². The number of carboxylic acid groups (broad SMARTS) is 1. The Kier molecular flexibility index (Phi) is 4.83. The van der Waals surface area contributed by atoms with Crippen molar-refractivity contribution in [2.75, 3.05) is 0 Å². The summed E-state index contributed by atoms with van der Waals surface area (Å²) >= 11 is 0. The third-order valence-corrected chi connectivity index (χ3v) is 5.04. The van der Waals surface area contributed by atoms with Crippen LogP contribution in [-0.2, 0) is 4.79 Å². The normalized spacial score (nSPS) is 23.2. The van der Waals surface area contributed by atoms with E-state index < -0.39 is 17.4 Å². The van der Waals surface area contributed by atoms with Gasteiger partial charge in [-0.1, -0.05) is 13.3 Å². The van der Waals surface area contributed by atoms with E-state index in [1.165, 1.54) is 6.20 Å². The van der Waals surface area contributed by atoms with Gasteiger partial charge in [-0.05, 0) is 49.8 Å². The quantitative estimate of drug-likeness (QED) is 0.870. The van der Waals surface area contributed by atoms with Crippen LogP contribution in [-0.4, -0.2) is 37.3 Å². The molecule has 132 valence electrons. The molecule has 1 aliphatic rings. The lowest BCUT2D eigenvalue weighted by Gasteiger charge is -2.37. The minimum Gasteiger partial charge on any atom is -0.480 e. The van der Waals surface area contributed by atoms with E-state index in [1.54, 1.807) is 35.3 Å². The molecule has 25 heavy (non-hydrogen) atoms. The molecule has 0 atom stereocenters. The van der Waals surface area contributed by atoms with Gasteiger partial charge in [0.15, 0.2) is 0 Å². The fourth-order valence-corrected chi connectivity index (χ4v) is 3.36. The fraction of sp³-hybridized carbons (Fsp3) is 0.444. The van der Waals surface area contributed by atoms with E-state index in [1.807, 2.05) is 0 Å². The molecule has 0 unspecified atom stereocenters. The summed E-state index contributed by atoms with van der Waals surface area (Å²) in [4.78, 5) is 28.6. The molecule has 2 aromatic heterocycles. The van der Waals surface area contributed by atoms with Crippen molar-refractivity contribution in [2.24, 2.45) is 5.92 Å². The zero-order chi connectivity index (χ0) is 17.9. The second-order valence-electron chi connectivity index (χ2n) is 6.54. The number of aliphatic carboxylic acids is 1. The number of nitrogens with one attached hydrogen (secondary N) is 1. The zero-order valence-electron chi connectivity index (χ0n) is 14.2. The first-order chi connectivity index (χ1) is 12.0. The second-order valence-corrected chi connectivity index (χ2v) is 6.54. The van der Waals surface area contributed by atoms with Gasteiger partial charge in [0.25, 0.3) is 5.91 Å². The third kappa shape index (κ3) is 3.55. The number of pyridine rings is 1. The first-order valence-electron chi connectivity index (χ1n) is 8.56. The number of carbonyl (C=O) groups excluding carboxylic acids is 1. The molecule has 0 saturated heterocycles. The molecule has 0 aliphatic heterocycles. The van der Waals surface area contributed by atoms with Crippen LogP contribution in [0.3, 0.4) is 0 Å². The van der Waals surface area contributed by atoms with Gasteiger partial charge < -0.3 is 10.4 Å². The number of carbonyl (C=O) groups is 2. The van der Waals surface area contributed by atoms with Crippen LogP contribution in [0.1, 0.15) is 49.5 Å². The molecule has 2 aromatic rings. The van der Waals surface area contributed by atoms with E-state index >= 15 is 0 Å². The van der Waals surface area contributed by atoms with Crippen LogP contribution in [0.15, 0.2) is 36.8 Å². The molecule has 1 fully saturated rings. The monoisotopic (exact) mass is 342 g/mol. The first-order valence-corrected chi connectivity index (χ1v) is 8.56. The number of hydrogen-bond acceptors (Lipinski definition) is 4. The summed E-state index contributed by atoms with van der Waals surface area (Å²) in [6.07, 6.45) is 8.49. The van der Waals surface area contributed by atoms with Crippen molar-refractivity contribution >= 4 is 11.9 Å². The molecule has 3 rings (SSSR count). The van der Waals surface area contributed by atoms with Crippen molar-refractivity contribution in [1.82, 2.24) is 20.1 Å². The minimum atomic E-state index is -1.20. The summed E-state index contributed by atoms with van der Waals surface area (Å²) < 4.78 is 1.62. The van der Waals surface area contributed by atoms with Crippen LogP contribution in [0.4, 0.5) is 0 Å². The van der Waals surface area contributed by atoms with Crippen molar-refractivity contribution in [1.29, 1.82) is 0 Å². The standard InChI is InChI=1S/C18H22N4O3/c1-2-13-4-7-18(8-5-13,17(24)25)21-16(23)15-12-14(6-10-19-15)22-11-3-9-20-22/h3,6,9-13H,2,4-5,7-8H2,1H3,(H,21,23)(H,24,25). The van der Waals surface area contributed by atoms with Gasteiger partial charge in [0, 0.05) is 18.6 Å². The van der Waals surface area contributed by atoms with Crippen LogP contribution in [0.5, 0.6) is 0 Å². The van der Waals surface area contributed by atoms with Crippen LogP contribution in [0.25, 0.3) is 5.69 Å². The molecule has 0 bridgehead atoms. The highest BCUT2D eigenvalue weighted by Crippen LogP contribution is 2.34. The van der Waals surface area contributed by atoms with Gasteiger partial charge >= 0.3 is 5.97 Å². The maximum absolute atomic E-state index is 12.6. The molecule has 0 spiro atoms. The van der Waals surface area contributed by atoms with E-state index in [2.05, 4.69) is 22.3 Å². The van der Waals surface area contributed by atoms with Gasteiger partial charge in [0.05, 0.1) is 5.69 Å². The predicted molar refractivity (Wildman–Crippen MR) is 91.4 cm³/mol. The summed E-state index contributed by atoms with van der Waals surface area (Å²) in [5.74, 6) is -0.907. The van der Waals surface area contributed by atoms with E-state index in [0.717, 1.165) is 19.3 Å². The molecule has 1 saturated carbocycles. The molecule has 7 heteroatoms. The van der Waals surface area contributed by atoms with Crippen molar-refractivity contribution < 1.29 is 14.7 Å². The summed E-state index contributed by atoms with van der Waals surface area (Å²) in [6, 6.07) is 5.13. The van der Waals surface area contributed by atoms with Crippen LogP contribution >= 0.6 is 0 Å². The summed E-state index contributed by atoms with van der Waals surface area (Å²) in [6.45, 7) is 2.11. The van der Waals surface area contributed by atoms with Gasteiger partial charge in [0.1, 0.15) is 11.2 Å². The van der Waals surface area contributed by atoms with Gasteiger partial charge in [-0.25, -0.2) is 9.48 Å². The lowest BCUT2D eigenvalue weighted by Crippen LogP contribution is -2.56. The van der Waals surface area contributed by atoms with Crippen molar-refractivity contribution in [3.63, 3.8) is 0 Å². The van der Waals surface area contributed by atoms with Gasteiger partial charge in [-0.15, -0.1) is 0 Å². The molecule has 7 nitrogen and oxygen atoms in total. The van der Waals surface area contributed by atoms with Crippen molar-refractivity contribution in [3.05, 3.63) is 42.5 Å². The number of aromatic nitrogens is 3. The minimum absolute atomic E-state index is 0.186. The molecule has 1 aliphatic carbocycles. The van der Waals surface area contributed by atoms with Crippen LogP contribution in [0, 0.1) is 5.92 Å². The Labute approximate surface area is 146 Å². The lowest BCUT2D eigenvalue weighted by atomic mass is 9.75. The van der Waals surface area contributed by atoms with Crippen LogP contribution in [0.2, 0.25) is 0 Å². The second kappa shape index (κ2) is 7.04. The number of carboxylic acids is 1. The molecule has 2 heterocycles. The maximum Gasteiger partial charge on any atom is 0.329 e. The maximum atomic E-state index is 12.6. The average molecular weight is 342 g/mol. The largest absolute Gasteiger partial charge is 0.480 e. The molecule has 2 N–H and O–H groups in total. The van der Waals surface area contributed by atoms with E-state index in [4.69, 9.17) is 0 Å². The molecular formula is C18H22N4O3. The molecule has 0 aromatic carbocycles. The number of amides is 1. The summed E-state index contributed by atoms with van der Waals surface area (Å²) in [7, 11) is 0. The zero-order valence-corrected chi connectivity index (χ0v) is 14.2. The highest BCUT2D eigenvalue weighted by molar-refractivity contribution is 5.96. The Morgan fingerprint density at radius 2 is 2.12 bits per heavy atom. The van der Waals surface area contributed by atoms with Gasteiger partial charge in [-0.2, -0.15) is 5.10 Å². The molecular weight excluding hydrogens is 320 g/mol. The predicted octanol–water partition coefficient (Wildman–Crippen LogP) is 2.42. The Balaban J connectivity index is 1.78. The van der Waals surface area contributed by atoms with Gasteiger partial charge in [-0.3, -0.25) is 9.78 Å². The number of rotatable bonds is 5. The number of nitrogens with zero attached hydrogens (tertiary/aromatic N) is 3. The summed E-state index contributed by atoms with van der Waals surface area (Å²) in [5.41, 5.74) is -0.318. The Bertz CT molecular complexity index is 749. The van der Waals surface area contributed by atoms with E-state index in [0.29, 0.717) is 24.4 Å². The Hall–Kier alpha value is -2.70. The fourth-order valence-electron chi connectivity index (χ4n) is 3.36. The van der Waals surface area contributed by atoms with E-state index in [-0.39, 0.29) is 5.69 Å². The highest BCUT2D eigenvalue weighted by atomic mass is 16.4. The average Bonchev–Trinajstić information content (AvgIpc) is 3.17. The molecule has 1 amide bonds. The molecule has 0 radical (unpaired) electrons. The first kappa shape index (κ1) is 17.1. The lowest BCUT2D eigenvalue weighted by molar-refractivity contribution is -0.146. The Morgan fingerprint density at radius 1 is 1.36 bits per heavy atom. The highest BCUT2D eigenvalue weighted by Gasteiger charge is 2.43. The number of hydrogen-bond donors (Lipinski definition) is 2. The van der Waals surface area contributed by atoms with Gasteiger partial charge in [0.2, 0.25) is 0 Å². The van der Waals surface area contributed by atoms with E-state index in [9.17, 15) is 14.7 Å². The summed E-state index contributed by atoms with van der Waals surface area (Å²) in [5, 5.41) is 16.6. The van der Waals surface area contributed by atoms with Crippen molar-refractivity contribution in [3.8, 4) is 5.69 Å². The Morgan fingerprint density at radius 3 is 2.72 bits per heavy atom. The van der Waals surface area contributed by atoms with Crippen LogP contribution < -0.4 is 5.32 Å². The topological polar surface area (TPSA) is 97.1 Å². The SMILES string of the molecule is CCC1CCC(NC(=O)c2cc(-n3cccn3)ccn2)(C(=O)O)CC1.